The van der Waals surface area contributed by atoms with Crippen LogP contribution in [0.15, 0.2) is 77.2 Å². The highest BCUT2D eigenvalue weighted by atomic mass is 19.4. The molecule has 0 aliphatic carbocycles. The first-order chi connectivity index (χ1) is 16.9. The zero-order valence-corrected chi connectivity index (χ0v) is 19.8. The third kappa shape index (κ3) is 7.04. The number of nitrogens with one attached hydrogen (secondary N) is 2. The maximum absolute atomic E-state index is 13.2. The molecule has 0 fully saturated rings. The molecule has 0 amide bonds. The number of alkyl halides is 3. The molecule has 190 valence electrons. The van der Waals surface area contributed by atoms with Crippen molar-refractivity contribution in [2.45, 2.75) is 20.0 Å². The van der Waals surface area contributed by atoms with E-state index in [-0.39, 0.29) is 17.5 Å². The predicted molar refractivity (Wildman–Crippen MR) is 131 cm³/mol. The molecule has 3 heterocycles. The molecule has 0 saturated carbocycles. The van der Waals surface area contributed by atoms with Gasteiger partial charge in [-0.2, -0.15) is 23.3 Å². The Bertz CT molecular complexity index is 1230. The van der Waals surface area contributed by atoms with Crippen molar-refractivity contribution < 1.29 is 17.6 Å². The molecule has 4 N–H and O–H groups in total. The number of rotatable bonds is 8. The van der Waals surface area contributed by atoms with E-state index in [2.05, 4.69) is 37.4 Å². The molecular formula is C23H25F4N9. The highest BCUT2D eigenvalue weighted by Crippen LogP contribution is 2.27. The molecule has 0 aromatic carbocycles. The van der Waals surface area contributed by atoms with Gasteiger partial charge in [0, 0.05) is 35.9 Å². The number of aromatic nitrogens is 3. The van der Waals surface area contributed by atoms with Crippen molar-refractivity contribution in [1.29, 1.82) is 0 Å². The number of pyridine rings is 1. The highest BCUT2D eigenvalue weighted by Gasteiger charge is 2.30. The van der Waals surface area contributed by atoms with Crippen LogP contribution < -0.4 is 16.5 Å². The average molecular weight is 504 g/mol. The summed E-state index contributed by atoms with van der Waals surface area (Å²) in [6.45, 7) is 7.45. The maximum Gasteiger partial charge on any atom is 0.412 e. The number of hydrogen-bond acceptors (Lipinski definition) is 9. The lowest BCUT2D eigenvalue weighted by atomic mass is 10.2. The van der Waals surface area contributed by atoms with Crippen LogP contribution in [0.2, 0.25) is 0 Å². The van der Waals surface area contributed by atoms with Crippen LogP contribution in [0, 0.1) is 5.82 Å². The Balaban J connectivity index is 1.74. The van der Waals surface area contributed by atoms with Gasteiger partial charge < -0.3 is 20.9 Å². The Morgan fingerprint density at radius 1 is 1.22 bits per heavy atom. The first kappa shape index (κ1) is 26.2. The van der Waals surface area contributed by atoms with Gasteiger partial charge in [-0.3, -0.25) is 4.98 Å². The van der Waals surface area contributed by atoms with Gasteiger partial charge in [-0.25, -0.2) is 14.8 Å². The topological polar surface area (TPSA) is 108 Å². The molecule has 1 aliphatic heterocycles. The Kier molecular flexibility index (Phi) is 7.92. The summed E-state index contributed by atoms with van der Waals surface area (Å²) >= 11 is 0. The van der Waals surface area contributed by atoms with Gasteiger partial charge in [-0.1, -0.05) is 6.58 Å². The Morgan fingerprint density at radius 3 is 2.56 bits per heavy atom. The summed E-state index contributed by atoms with van der Waals surface area (Å²) in [5, 5.41) is 6.85. The van der Waals surface area contributed by atoms with Crippen LogP contribution in [0.5, 0.6) is 0 Å². The van der Waals surface area contributed by atoms with Crippen LogP contribution in [0.4, 0.5) is 35.0 Å². The van der Waals surface area contributed by atoms with Crippen molar-refractivity contribution in [3.63, 3.8) is 0 Å². The van der Waals surface area contributed by atoms with E-state index in [1.807, 2.05) is 30.0 Å². The fourth-order valence-electron chi connectivity index (χ4n) is 2.88. The van der Waals surface area contributed by atoms with Gasteiger partial charge in [0.05, 0.1) is 36.7 Å². The second-order valence-corrected chi connectivity index (χ2v) is 7.89. The molecular weight excluding hydrogens is 478 g/mol. The number of nitrogens with two attached hydrogens (primary N) is 1. The molecule has 0 bridgehead atoms. The van der Waals surface area contributed by atoms with Crippen molar-refractivity contribution in [2.24, 2.45) is 5.10 Å². The standard InChI is InChI=1S/C23H25F4N9/c1-14(23(25,26)27)7-19(8-15(2)36-12-16(3)35(4)13-36)32-18-6-5-17(29-9-18)10-31-34-22-30-11-20(24)21(28)33-22/h5-12,32H,2,13H2,1,3-4H3,(H3,28,30,33,34)/b14-7+,19-8+,31-10+. The minimum Gasteiger partial charge on any atom is -0.381 e. The van der Waals surface area contributed by atoms with Gasteiger partial charge in [0.1, 0.15) is 0 Å². The summed E-state index contributed by atoms with van der Waals surface area (Å²) in [5.74, 6) is -1.06. The lowest BCUT2D eigenvalue weighted by Crippen LogP contribution is -2.22. The fraction of sp³-hybridized carbons (Fsp3) is 0.217. The van der Waals surface area contributed by atoms with Crippen molar-refractivity contribution in [3.8, 4) is 0 Å². The van der Waals surface area contributed by atoms with E-state index in [0.29, 0.717) is 23.7 Å². The van der Waals surface area contributed by atoms with Gasteiger partial charge in [-0.15, -0.1) is 0 Å². The van der Waals surface area contributed by atoms with Gasteiger partial charge in [0.15, 0.2) is 11.6 Å². The Labute approximate surface area is 205 Å². The van der Waals surface area contributed by atoms with E-state index in [1.165, 1.54) is 18.5 Å². The number of hydrazone groups is 1. The third-order valence-electron chi connectivity index (χ3n) is 5.03. The molecule has 36 heavy (non-hydrogen) atoms. The second-order valence-electron chi connectivity index (χ2n) is 7.89. The van der Waals surface area contributed by atoms with Gasteiger partial charge in [0.25, 0.3) is 0 Å². The van der Waals surface area contributed by atoms with Crippen molar-refractivity contribution in [3.05, 3.63) is 83.6 Å². The van der Waals surface area contributed by atoms with Crippen LogP contribution in [-0.2, 0) is 0 Å². The normalized spacial score (nSPS) is 14.9. The van der Waals surface area contributed by atoms with E-state index in [4.69, 9.17) is 5.73 Å². The second kappa shape index (κ2) is 10.9. The van der Waals surface area contributed by atoms with Gasteiger partial charge >= 0.3 is 6.18 Å². The van der Waals surface area contributed by atoms with Gasteiger partial charge in [-0.05, 0) is 38.1 Å². The molecule has 0 saturated heterocycles. The van der Waals surface area contributed by atoms with Gasteiger partial charge in [0.2, 0.25) is 5.95 Å². The van der Waals surface area contributed by atoms with Crippen LogP contribution >= 0.6 is 0 Å². The minimum atomic E-state index is -4.48. The molecule has 3 rings (SSSR count). The first-order valence-electron chi connectivity index (χ1n) is 10.5. The molecule has 13 heteroatoms. The number of allylic oxidation sites excluding steroid dienone is 4. The minimum absolute atomic E-state index is 0.000462. The van der Waals surface area contributed by atoms with E-state index in [1.54, 1.807) is 12.1 Å². The monoisotopic (exact) mass is 503 g/mol. The third-order valence-corrected chi connectivity index (χ3v) is 5.03. The van der Waals surface area contributed by atoms with Crippen molar-refractivity contribution >= 4 is 23.7 Å². The lowest BCUT2D eigenvalue weighted by Gasteiger charge is -2.20. The molecule has 2 aromatic rings. The van der Waals surface area contributed by atoms with Crippen molar-refractivity contribution in [1.82, 2.24) is 24.8 Å². The highest BCUT2D eigenvalue weighted by molar-refractivity contribution is 5.78. The van der Waals surface area contributed by atoms with Crippen molar-refractivity contribution in [2.75, 3.05) is 30.2 Å². The zero-order chi connectivity index (χ0) is 26.5. The predicted octanol–water partition coefficient (Wildman–Crippen LogP) is 4.42. The molecule has 0 radical (unpaired) electrons. The van der Waals surface area contributed by atoms with E-state index >= 15 is 0 Å². The summed E-state index contributed by atoms with van der Waals surface area (Å²) in [4.78, 5) is 15.4. The first-order valence-corrected chi connectivity index (χ1v) is 10.5. The summed E-state index contributed by atoms with van der Waals surface area (Å²) in [7, 11) is 1.91. The van der Waals surface area contributed by atoms with Crippen LogP contribution in [0.3, 0.4) is 0 Å². The van der Waals surface area contributed by atoms with Crippen LogP contribution in [0.25, 0.3) is 0 Å². The summed E-state index contributed by atoms with van der Waals surface area (Å²) in [6, 6.07) is 3.23. The number of halogens is 4. The zero-order valence-electron chi connectivity index (χ0n) is 19.8. The summed E-state index contributed by atoms with van der Waals surface area (Å²) in [5.41, 5.74) is 9.68. The summed E-state index contributed by atoms with van der Waals surface area (Å²) < 4.78 is 52.7. The molecule has 2 aromatic heterocycles. The molecule has 0 atom stereocenters. The van der Waals surface area contributed by atoms with E-state index in [9.17, 15) is 17.6 Å². The largest absolute Gasteiger partial charge is 0.412 e. The maximum atomic E-state index is 13.2. The summed E-state index contributed by atoms with van der Waals surface area (Å²) in [6.07, 6.45) is 3.64. The Hall–Kier alpha value is -4.42. The SMILES string of the molecule is C=C(/C=C(\C=C(/C)C(F)(F)F)Nc1ccc(/C=N/Nc2ncc(F)c(N)n2)nc1)N1C=C(C)N(C)C1. The average Bonchev–Trinajstić information content (AvgIpc) is 3.15. The molecule has 9 nitrogen and oxygen atoms in total. The van der Waals surface area contributed by atoms with Crippen LogP contribution in [-0.4, -0.2) is 50.9 Å². The molecule has 1 aliphatic rings. The van der Waals surface area contributed by atoms with E-state index < -0.39 is 17.6 Å². The fourth-order valence-corrected chi connectivity index (χ4v) is 2.88. The smallest absolute Gasteiger partial charge is 0.381 e. The number of nitrogens with zero attached hydrogens (tertiary/aromatic N) is 6. The molecule has 0 unspecified atom stereocenters. The molecule has 0 spiro atoms. The number of nitrogen functional groups attached to an aromatic ring is 1. The number of hydrogen-bond donors (Lipinski definition) is 3. The lowest BCUT2D eigenvalue weighted by molar-refractivity contribution is -0.0913. The quantitative estimate of drug-likeness (QED) is 0.210. The number of anilines is 3. The van der Waals surface area contributed by atoms with Crippen LogP contribution in [0.1, 0.15) is 19.5 Å². The van der Waals surface area contributed by atoms with E-state index in [0.717, 1.165) is 24.9 Å². The Morgan fingerprint density at radius 2 is 1.97 bits per heavy atom.